The molecule has 12 rings (SSSR count). The van der Waals surface area contributed by atoms with E-state index < -0.39 is 0 Å². The number of pyridine rings is 2. The molecule has 6 aliphatic rings. The Labute approximate surface area is 423 Å². The minimum Gasteiger partial charge on any atom is -0.381 e. The topological polar surface area (TPSA) is 110 Å². The highest BCUT2D eigenvalue weighted by atomic mass is 35.5. The summed E-state index contributed by atoms with van der Waals surface area (Å²) in [5.41, 5.74) is 11.4. The number of fused-ring (bicyclic) bond motifs is 2. The number of piperidine rings is 3. The highest BCUT2D eigenvalue weighted by Crippen LogP contribution is 2.47. The Balaban J connectivity index is 0.646. The molecule has 0 unspecified atom stereocenters. The molecular weight excluding hydrogens is 904 g/mol. The SMILES string of the molecule is CC(=O)N1CCc2c(c(-c3cccc4cc(-c5ccc(N6CCC7(CCN(c8ccc(N9CCC%10(CC9)C[C@H](C)N(c9ccc(C#N)c(Cl)c9)C%10)cc8)CC7)CC6)nc5)ncc34)nn2C2CCOCC2)C1. The summed E-state index contributed by atoms with van der Waals surface area (Å²) in [6.45, 7) is 14.3. The van der Waals surface area contributed by atoms with E-state index in [1.54, 1.807) is 6.92 Å². The molecule has 5 fully saturated rings. The summed E-state index contributed by atoms with van der Waals surface area (Å²) in [7, 11) is 0. The fourth-order valence-electron chi connectivity index (χ4n) is 13.3. The van der Waals surface area contributed by atoms with Crippen molar-refractivity contribution in [3.8, 4) is 28.6 Å². The number of amides is 1. The number of rotatable bonds is 7. The van der Waals surface area contributed by atoms with E-state index in [2.05, 4.69) is 104 Å². The van der Waals surface area contributed by atoms with E-state index in [1.807, 2.05) is 29.4 Å². The Morgan fingerprint density at radius 3 is 2.10 bits per heavy atom. The third kappa shape index (κ3) is 8.77. The zero-order valence-corrected chi connectivity index (χ0v) is 42.1. The van der Waals surface area contributed by atoms with Crippen LogP contribution in [0.4, 0.5) is 22.9 Å². The van der Waals surface area contributed by atoms with E-state index in [9.17, 15) is 10.1 Å². The van der Waals surface area contributed by atoms with Crippen LogP contribution in [0.25, 0.3) is 33.3 Å². The molecule has 3 aromatic carbocycles. The van der Waals surface area contributed by atoms with E-state index >= 15 is 0 Å². The number of aromatic nitrogens is 4. The quantitative estimate of drug-likeness (QED) is 0.153. The molecule has 6 aliphatic heterocycles. The Bertz CT molecular complexity index is 2970. The maximum atomic E-state index is 12.5. The van der Waals surface area contributed by atoms with Crippen LogP contribution in [0.15, 0.2) is 91.3 Å². The molecule has 9 heterocycles. The van der Waals surface area contributed by atoms with Crippen LogP contribution in [0.2, 0.25) is 5.02 Å². The van der Waals surface area contributed by atoms with Crippen molar-refractivity contribution in [3.05, 3.63) is 113 Å². The van der Waals surface area contributed by atoms with Gasteiger partial charge in [0.2, 0.25) is 5.91 Å². The summed E-state index contributed by atoms with van der Waals surface area (Å²) in [4.78, 5) is 34.7. The molecular formula is C58H65ClN10O2. The van der Waals surface area contributed by atoms with Gasteiger partial charge in [-0.2, -0.15) is 10.4 Å². The van der Waals surface area contributed by atoms with Gasteiger partial charge in [0.05, 0.1) is 28.0 Å². The number of hydrogen-bond donors (Lipinski definition) is 0. The van der Waals surface area contributed by atoms with Crippen LogP contribution in [0.5, 0.6) is 0 Å². The molecule has 1 amide bonds. The molecule has 71 heavy (non-hydrogen) atoms. The van der Waals surface area contributed by atoms with Gasteiger partial charge in [-0.05, 0) is 142 Å². The monoisotopic (exact) mass is 968 g/mol. The van der Waals surface area contributed by atoms with Crippen molar-refractivity contribution in [3.63, 3.8) is 0 Å². The second-order valence-corrected chi connectivity index (χ2v) is 22.1. The smallest absolute Gasteiger partial charge is 0.219 e. The van der Waals surface area contributed by atoms with Gasteiger partial charge < -0.3 is 29.2 Å². The molecule has 13 heteroatoms. The van der Waals surface area contributed by atoms with Crippen molar-refractivity contribution in [2.75, 3.05) is 85.2 Å². The molecule has 5 saturated heterocycles. The predicted octanol–water partition coefficient (Wildman–Crippen LogP) is 10.7. The van der Waals surface area contributed by atoms with Gasteiger partial charge in [-0.15, -0.1) is 0 Å². The van der Waals surface area contributed by atoms with Crippen molar-refractivity contribution >= 4 is 51.2 Å². The first-order valence-electron chi connectivity index (χ1n) is 26.2. The number of nitriles is 1. The maximum absolute atomic E-state index is 12.5. The Kier molecular flexibility index (Phi) is 12.2. The number of nitrogens with zero attached hydrogens (tertiary/aromatic N) is 10. The molecule has 0 bridgehead atoms. The number of hydrogen-bond acceptors (Lipinski definition) is 10. The third-order valence-corrected chi connectivity index (χ3v) is 18.0. The van der Waals surface area contributed by atoms with Crippen molar-refractivity contribution < 1.29 is 9.53 Å². The summed E-state index contributed by atoms with van der Waals surface area (Å²) in [5.74, 6) is 1.15. The van der Waals surface area contributed by atoms with Crippen LogP contribution in [0.1, 0.15) is 94.5 Å². The van der Waals surface area contributed by atoms with Gasteiger partial charge in [0.25, 0.3) is 0 Å². The van der Waals surface area contributed by atoms with Gasteiger partial charge in [-0.25, -0.2) is 4.98 Å². The molecule has 6 aromatic rings. The average molecular weight is 970 g/mol. The lowest BCUT2D eigenvalue weighted by molar-refractivity contribution is -0.129. The van der Waals surface area contributed by atoms with Crippen LogP contribution in [0, 0.1) is 22.2 Å². The second-order valence-electron chi connectivity index (χ2n) is 21.7. The Morgan fingerprint density at radius 2 is 1.45 bits per heavy atom. The summed E-state index contributed by atoms with van der Waals surface area (Å²) in [6, 6.07) is 31.2. The van der Waals surface area contributed by atoms with Crippen LogP contribution in [0.3, 0.4) is 0 Å². The summed E-state index contributed by atoms with van der Waals surface area (Å²) in [5, 5.41) is 17.4. The van der Waals surface area contributed by atoms with Gasteiger partial charge in [0.15, 0.2) is 0 Å². The third-order valence-electron chi connectivity index (χ3n) is 17.7. The molecule has 0 aliphatic carbocycles. The van der Waals surface area contributed by atoms with E-state index in [-0.39, 0.29) is 5.91 Å². The minimum absolute atomic E-state index is 0.104. The molecule has 3 aromatic heterocycles. The van der Waals surface area contributed by atoms with Crippen molar-refractivity contribution in [1.82, 2.24) is 24.6 Å². The minimum atomic E-state index is 0.104. The van der Waals surface area contributed by atoms with Gasteiger partial charge in [0, 0.05) is 149 Å². The average Bonchev–Trinajstić information content (AvgIpc) is 3.96. The zero-order valence-electron chi connectivity index (χ0n) is 41.3. The van der Waals surface area contributed by atoms with Crippen LogP contribution in [-0.2, 0) is 22.5 Å². The van der Waals surface area contributed by atoms with Crippen LogP contribution < -0.4 is 19.6 Å². The fourth-order valence-corrected chi connectivity index (χ4v) is 13.5. The molecule has 0 N–H and O–H groups in total. The number of carbonyl (C=O) groups is 1. The number of benzene rings is 3. The largest absolute Gasteiger partial charge is 0.381 e. The molecule has 12 nitrogen and oxygen atoms in total. The molecule has 0 saturated carbocycles. The van der Waals surface area contributed by atoms with Crippen LogP contribution in [-0.4, -0.2) is 102 Å². The first-order valence-corrected chi connectivity index (χ1v) is 26.6. The number of ether oxygens (including phenoxy) is 1. The lowest BCUT2D eigenvalue weighted by Crippen LogP contribution is -2.47. The summed E-state index contributed by atoms with van der Waals surface area (Å²) < 4.78 is 7.96. The molecule has 366 valence electrons. The first kappa shape index (κ1) is 45.9. The van der Waals surface area contributed by atoms with Crippen molar-refractivity contribution in [2.24, 2.45) is 10.8 Å². The lowest BCUT2D eigenvalue weighted by Gasteiger charge is -2.47. The van der Waals surface area contributed by atoms with Gasteiger partial charge in [0.1, 0.15) is 11.9 Å². The maximum Gasteiger partial charge on any atom is 0.219 e. The van der Waals surface area contributed by atoms with Crippen molar-refractivity contribution in [1.29, 1.82) is 5.26 Å². The van der Waals surface area contributed by atoms with E-state index in [0.717, 1.165) is 135 Å². The standard InChI is InChI=1S/C58H65ClN10O2/c1-40-34-58(39-68(40)48-8-6-43(35-60)52(59)33-48)21-26-65(27-22-58)46-11-9-45(10-12-46)64-24-17-57(18-25-64)19-28-66(29-20-57)55-13-7-44(36-62-55)53-32-42-4-3-5-49(50(42)37-61-53)56-51-38-67(41(2)70)23-14-54(51)69(63-56)47-15-30-71-31-16-47/h3-13,32-33,36-37,40,47H,14-31,34,38-39H2,1-2H3/t40-/m0/s1. The number of anilines is 4. The van der Waals surface area contributed by atoms with Gasteiger partial charge in [-0.1, -0.05) is 29.8 Å². The van der Waals surface area contributed by atoms with Crippen molar-refractivity contribution in [2.45, 2.75) is 96.7 Å². The number of halogens is 1. The normalized spacial score (nSPS) is 21.3. The second kappa shape index (κ2) is 18.8. The lowest BCUT2D eigenvalue weighted by atomic mass is 9.71. The highest BCUT2D eigenvalue weighted by molar-refractivity contribution is 6.32. The summed E-state index contributed by atoms with van der Waals surface area (Å²) in [6.07, 6.45) is 15.2. The summed E-state index contributed by atoms with van der Waals surface area (Å²) >= 11 is 6.44. The Hall–Kier alpha value is -6.16. The van der Waals surface area contributed by atoms with E-state index in [0.29, 0.717) is 40.0 Å². The predicted molar refractivity (Wildman–Crippen MR) is 283 cm³/mol. The van der Waals surface area contributed by atoms with Gasteiger partial charge >= 0.3 is 0 Å². The zero-order chi connectivity index (χ0) is 48.3. The van der Waals surface area contributed by atoms with Crippen LogP contribution >= 0.6 is 11.6 Å². The van der Waals surface area contributed by atoms with E-state index in [4.69, 9.17) is 31.4 Å². The molecule has 0 radical (unpaired) electrons. The van der Waals surface area contributed by atoms with E-state index in [1.165, 1.54) is 62.0 Å². The molecule has 2 spiro atoms. The highest BCUT2D eigenvalue weighted by Gasteiger charge is 2.44. The number of carbonyl (C=O) groups excluding carboxylic acids is 1. The molecule has 1 atom stereocenters. The fraction of sp³-hybridized carbons (Fsp3) is 0.466. The van der Waals surface area contributed by atoms with Gasteiger partial charge in [-0.3, -0.25) is 14.5 Å². The Morgan fingerprint density at radius 1 is 0.775 bits per heavy atom. The first-order chi connectivity index (χ1) is 34.6.